The average molecular weight is 463 g/mol. The minimum atomic E-state index is -1.81. The van der Waals surface area contributed by atoms with Gasteiger partial charge >= 0.3 is 0 Å². The highest BCUT2D eigenvalue weighted by Gasteiger charge is 2.60. The summed E-state index contributed by atoms with van der Waals surface area (Å²) in [6.07, 6.45) is -0.516. The highest BCUT2D eigenvalue weighted by atomic mass is 16.7. The third-order valence-corrected chi connectivity index (χ3v) is 6.39. The average Bonchev–Trinajstić information content (AvgIpc) is 3.33. The quantitative estimate of drug-likeness (QED) is 0.230. The van der Waals surface area contributed by atoms with E-state index < -0.39 is 18.0 Å². The van der Waals surface area contributed by atoms with Crippen molar-refractivity contribution in [2.24, 2.45) is 0 Å². The number of ether oxygens (including phenoxy) is 2. The van der Waals surface area contributed by atoms with E-state index in [-0.39, 0.29) is 11.6 Å². The summed E-state index contributed by atoms with van der Waals surface area (Å²) in [6.45, 7) is 0. The molecule has 4 aromatic carbocycles. The molecular weight excluding hydrogens is 436 g/mol. The summed E-state index contributed by atoms with van der Waals surface area (Å²) in [4.78, 5) is 28.3. The van der Waals surface area contributed by atoms with Crippen LogP contribution in [0.15, 0.2) is 121 Å². The normalized spacial score (nSPS) is 18.7. The molecular formula is C31H26O4. The second-order valence-electron chi connectivity index (χ2n) is 8.64. The zero-order valence-electron chi connectivity index (χ0n) is 19.2. The van der Waals surface area contributed by atoms with E-state index in [2.05, 4.69) is 0 Å². The van der Waals surface area contributed by atoms with Gasteiger partial charge in [0.15, 0.2) is 6.29 Å². The van der Waals surface area contributed by atoms with Gasteiger partial charge in [-0.05, 0) is 18.4 Å². The van der Waals surface area contributed by atoms with E-state index in [4.69, 9.17) is 9.47 Å². The third-order valence-electron chi connectivity index (χ3n) is 6.39. The van der Waals surface area contributed by atoms with Crippen LogP contribution in [0, 0.1) is 0 Å². The Morgan fingerprint density at radius 1 is 0.629 bits per heavy atom. The fraction of sp³-hybridized carbons (Fsp3) is 0.161. The number of carbonyl (C=O) groups is 2. The van der Waals surface area contributed by atoms with Crippen molar-refractivity contribution >= 4 is 11.6 Å². The topological polar surface area (TPSA) is 52.6 Å². The van der Waals surface area contributed by atoms with Crippen molar-refractivity contribution in [1.29, 1.82) is 0 Å². The molecule has 4 nitrogen and oxygen atoms in total. The number of carbonyl (C=O) groups excluding carboxylic acids is 2. The monoisotopic (exact) mass is 462 g/mol. The summed E-state index contributed by atoms with van der Waals surface area (Å²) in [6, 6.07) is 37.1. The molecule has 0 unspecified atom stereocenters. The molecule has 1 aliphatic heterocycles. The lowest BCUT2D eigenvalue weighted by molar-refractivity contribution is -0.0769. The summed E-state index contributed by atoms with van der Waals surface area (Å²) in [5.74, 6) is -0.771. The van der Waals surface area contributed by atoms with Crippen LogP contribution in [0.1, 0.15) is 44.6 Å². The molecule has 1 aliphatic rings. The van der Waals surface area contributed by atoms with Crippen molar-refractivity contribution < 1.29 is 19.1 Å². The standard InChI is InChI=1S/C31H26O4/c32-28(24-15-7-2-8-16-24)31(29(33)25-17-9-3-10-18-25)27(22-21-23-13-5-1-6-14-23)34-30(35-31)26-19-11-4-12-20-26/h1-20,27,30H,21-22H2/t27-,30-/m1/s1. The van der Waals surface area contributed by atoms with Crippen molar-refractivity contribution in [2.45, 2.75) is 30.8 Å². The van der Waals surface area contributed by atoms with Crippen LogP contribution in [-0.4, -0.2) is 23.3 Å². The summed E-state index contributed by atoms with van der Waals surface area (Å²) < 4.78 is 12.9. The molecule has 0 radical (unpaired) electrons. The Labute approximate surface area is 205 Å². The van der Waals surface area contributed by atoms with Crippen LogP contribution in [0.25, 0.3) is 0 Å². The van der Waals surface area contributed by atoms with E-state index in [1.165, 1.54) is 0 Å². The predicted octanol–water partition coefficient (Wildman–Crippen LogP) is 6.24. The van der Waals surface area contributed by atoms with E-state index in [0.717, 1.165) is 11.1 Å². The van der Waals surface area contributed by atoms with Gasteiger partial charge in [0.05, 0.1) is 0 Å². The molecule has 1 fully saturated rings. The van der Waals surface area contributed by atoms with Gasteiger partial charge < -0.3 is 9.47 Å². The summed E-state index contributed by atoms with van der Waals surface area (Å²) >= 11 is 0. The zero-order valence-corrected chi connectivity index (χ0v) is 19.2. The summed E-state index contributed by atoms with van der Waals surface area (Å²) in [5, 5.41) is 0. The predicted molar refractivity (Wildman–Crippen MR) is 134 cm³/mol. The Bertz CT molecular complexity index is 1220. The SMILES string of the molecule is O=C(c1ccccc1)C1(C(=O)c2ccccc2)O[C@H](c2ccccc2)O[C@@H]1CCc1ccccc1. The van der Waals surface area contributed by atoms with Gasteiger partial charge in [-0.25, -0.2) is 0 Å². The Morgan fingerprint density at radius 2 is 1.09 bits per heavy atom. The zero-order chi connectivity index (χ0) is 24.1. The third kappa shape index (κ3) is 4.59. The molecule has 0 bridgehead atoms. The maximum absolute atomic E-state index is 14.2. The van der Waals surface area contributed by atoms with E-state index in [9.17, 15) is 9.59 Å². The first-order chi connectivity index (χ1) is 17.2. The maximum Gasteiger partial charge on any atom is 0.222 e. The highest BCUT2D eigenvalue weighted by molar-refractivity contribution is 6.23. The van der Waals surface area contributed by atoms with Crippen molar-refractivity contribution in [3.63, 3.8) is 0 Å². The Hall–Kier alpha value is -3.86. The fourth-order valence-electron chi connectivity index (χ4n) is 4.60. The molecule has 174 valence electrons. The van der Waals surface area contributed by atoms with Gasteiger partial charge in [-0.1, -0.05) is 121 Å². The molecule has 0 saturated carbocycles. The van der Waals surface area contributed by atoms with Crippen LogP contribution < -0.4 is 0 Å². The molecule has 4 aromatic rings. The van der Waals surface area contributed by atoms with E-state index in [1.807, 2.05) is 72.8 Å². The molecule has 0 amide bonds. The van der Waals surface area contributed by atoms with E-state index in [0.29, 0.717) is 24.0 Å². The molecule has 0 N–H and O–H groups in total. The van der Waals surface area contributed by atoms with Crippen molar-refractivity contribution in [3.05, 3.63) is 144 Å². The minimum absolute atomic E-state index is 0.386. The minimum Gasteiger partial charge on any atom is -0.341 e. The van der Waals surface area contributed by atoms with Gasteiger partial charge in [-0.2, -0.15) is 0 Å². The number of rotatable bonds is 8. The largest absolute Gasteiger partial charge is 0.341 e. The lowest BCUT2D eigenvalue weighted by Gasteiger charge is -2.30. The first-order valence-corrected chi connectivity index (χ1v) is 11.8. The van der Waals surface area contributed by atoms with Gasteiger partial charge in [0.1, 0.15) is 6.10 Å². The molecule has 0 aliphatic carbocycles. The first-order valence-electron chi connectivity index (χ1n) is 11.8. The van der Waals surface area contributed by atoms with Crippen LogP contribution in [-0.2, 0) is 15.9 Å². The lowest BCUT2D eigenvalue weighted by Crippen LogP contribution is -2.54. The van der Waals surface area contributed by atoms with E-state index >= 15 is 0 Å². The summed E-state index contributed by atoms with van der Waals surface area (Å²) in [5.41, 5.74) is 0.892. The Balaban J connectivity index is 1.60. The van der Waals surface area contributed by atoms with Crippen LogP contribution >= 0.6 is 0 Å². The highest BCUT2D eigenvalue weighted by Crippen LogP contribution is 2.44. The van der Waals surface area contributed by atoms with Crippen molar-refractivity contribution in [3.8, 4) is 0 Å². The molecule has 2 atom stereocenters. The molecule has 0 spiro atoms. The van der Waals surface area contributed by atoms with Crippen LogP contribution in [0.4, 0.5) is 0 Å². The van der Waals surface area contributed by atoms with Gasteiger partial charge in [0.25, 0.3) is 0 Å². The molecule has 1 saturated heterocycles. The van der Waals surface area contributed by atoms with E-state index in [1.54, 1.807) is 48.5 Å². The summed E-state index contributed by atoms with van der Waals surface area (Å²) in [7, 11) is 0. The van der Waals surface area contributed by atoms with Gasteiger partial charge in [-0.3, -0.25) is 9.59 Å². The molecule has 0 aromatic heterocycles. The number of hydrogen-bond acceptors (Lipinski definition) is 4. The molecule has 4 heteroatoms. The second-order valence-corrected chi connectivity index (χ2v) is 8.64. The number of hydrogen-bond donors (Lipinski definition) is 0. The molecule has 5 rings (SSSR count). The number of aryl methyl sites for hydroxylation is 1. The van der Waals surface area contributed by atoms with Crippen molar-refractivity contribution in [2.75, 3.05) is 0 Å². The molecule has 35 heavy (non-hydrogen) atoms. The van der Waals surface area contributed by atoms with Crippen LogP contribution in [0.3, 0.4) is 0 Å². The second kappa shape index (κ2) is 10.2. The molecule has 1 heterocycles. The van der Waals surface area contributed by atoms with Crippen LogP contribution in [0.5, 0.6) is 0 Å². The fourth-order valence-corrected chi connectivity index (χ4v) is 4.60. The number of Topliss-reactive ketones (excluding diaryl/α,β-unsaturated/α-hetero) is 2. The smallest absolute Gasteiger partial charge is 0.222 e. The first kappa shape index (κ1) is 22.9. The van der Waals surface area contributed by atoms with Gasteiger partial charge in [-0.15, -0.1) is 0 Å². The Morgan fingerprint density at radius 3 is 1.60 bits per heavy atom. The van der Waals surface area contributed by atoms with Gasteiger partial charge in [0.2, 0.25) is 17.2 Å². The van der Waals surface area contributed by atoms with Crippen molar-refractivity contribution in [1.82, 2.24) is 0 Å². The van der Waals surface area contributed by atoms with Gasteiger partial charge in [0, 0.05) is 16.7 Å². The van der Waals surface area contributed by atoms with Crippen LogP contribution in [0.2, 0.25) is 0 Å². The maximum atomic E-state index is 14.2. The Kier molecular flexibility index (Phi) is 6.66. The lowest BCUT2D eigenvalue weighted by atomic mass is 9.79. The number of ketones is 2. The number of benzene rings is 4.